The van der Waals surface area contributed by atoms with Crippen molar-refractivity contribution in [2.24, 2.45) is 5.41 Å². The van der Waals surface area contributed by atoms with Gasteiger partial charge in [0.2, 0.25) is 0 Å². The minimum Gasteiger partial charge on any atom is -0.399 e. The summed E-state index contributed by atoms with van der Waals surface area (Å²) in [7, 11) is 0. The van der Waals surface area contributed by atoms with Crippen molar-refractivity contribution in [1.82, 2.24) is 0 Å². The molecule has 2 aliphatic carbocycles. The van der Waals surface area contributed by atoms with Crippen LogP contribution in [0.3, 0.4) is 0 Å². The Balaban J connectivity index is 0.000000189. The second-order valence-electron chi connectivity index (χ2n) is 12.2. The highest BCUT2D eigenvalue weighted by molar-refractivity contribution is 5.65. The lowest BCUT2D eigenvalue weighted by Crippen LogP contribution is -2.36. The van der Waals surface area contributed by atoms with Gasteiger partial charge in [0.25, 0.3) is 0 Å². The fourth-order valence-corrected chi connectivity index (χ4v) is 6.32. The van der Waals surface area contributed by atoms with E-state index in [9.17, 15) is 0 Å². The van der Waals surface area contributed by atoms with E-state index in [1.807, 2.05) is 6.07 Å². The number of rotatable bonds is 1. The van der Waals surface area contributed by atoms with Gasteiger partial charge >= 0.3 is 0 Å². The summed E-state index contributed by atoms with van der Waals surface area (Å²) in [5, 5.41) is 0. The van der Waals surface area contributed by atoms with Gasteiger partial charge in [-0.25, -0.2) is 0 Å². The molecule has 0 heterocycles. The van der Waals surface area contributed by atoms with Crippen molar-refractivity contribution >= 4 is 22.7 Å². The summed E-state index contributed by atoms with van der Waals surface area (Å²) in [5.74, 6) is 0. The van der Waals surface area contributed by atoms with Crippen molar-refractivity contribution in [2.45, 2.75) is 78.6 Å². The lowest BCUT2D eigenvalue weighted by atomic mass is 9.63. The molecule has 0 aromatic heterocycles. The Labute approximate surface area is 211 Å². The highest BCUT2D eigenvalue weighted by Crippen LogP contribution is 2.56. The van der Waals surface area contributed by atoms with Crippen molar-refractivity contribution in [2.75, 3.05) is 22.9 Å². The van der Waals surface area contributed by atoms with Crippen molar-refractivity contribution in [3.8, 4) is 0 Å². The summed E-state index contributed by atoms with van der Waals surface area (Å²) in [6.07, 6.45) is 3.28. The van der Waals surface area contributed by atoms with Gasteiger partial charge in [0, 0.05) is 28.2 Å². The number of hydrogen-bond donors (Lipinski definition) is 4. The lowest BCUT2D eigenvalue weighted by molar-refractivity contribution is 0.247. The zero-order valence-corrected chi connectivity index (χ0v) is 22.5. The lowest BCUT2D eigenvalue weighted by Gasteiger charge is -2.40. The maximum Gasteiger partial charge on any atom is 0.0375 e. The Morgan fingerprint density at radius 3 is 2.09 bits per heavy atom. The number of nitrogen functional groups attached to an aromatic ring is 4. The van der Waals surface area contributed by atoms with Gasteiger partial charge in [-0.05, 0) is 107 Å². The van der Waals surface area contributed by atoms with E-state index in [0.29, 0.717) is 0 Å². The molecule has 35 heavy (non-hydrogen) atoms. The smallest absolute Gasteiger partial charge is 0.0375 e. The van der Waals surface area contributed by atoms with Crippen LogP contribution in [0, 0.1) is 19.3 Å². The van der Waals surface area contributed by atoms with Gasteiger partial charge in [-0.3, -0.25) is 0 Å². The van der Waals surface area contributed by atoms with Crippen LogP contribution in [-0.2, 0) is 23.7 Å². The number of fused-ring (bicyclic) bond motifs is 2. The number of hydrogen-bond acceptors (Lipinski definition) is 4. The van der Waals surface area contributed by atoms with Crippen LogP contribution in [0.5, 0.6) is 0 Å². The molecule has 186 valence electrons. The Kier molecular flexibility index (Phi) is 5.86. The van der Waals surface area contributed by atoms with E-state index in [4.69, 9.17) is 22.9 Å². The molecule has 0 amide bonds. The van der Waals surface area contributed by atoms with Gasteiger partial charge in [-0.2, -0.15) is 0 Å². The summed E-state index contributed by atoms with van der Waals surface area (Å²) in [4.78, 5) is 0. The first kappa shape index (κ1) is 25.0. The van der Waals surface area contributed by atoms with Gasteiger partial charge in [0.15, 0.2) is 0 Å². The van der Waals surface area contributed by atoms with Crippen molar-refractivity contribution in [3.05, 3.63) is 81.4 Å². The topological polar surface area (TPSA) is 104 Å². The summed E-state index contributed by atoms with van der Waals surface area (Å²) in [6.45, 7) is 15.7. The normalized spacial score (nSPS) is 21.1. The van der Waals surface area contributed by atoms with E-state index in [-0.39, 0.29) is 16.2 Å². The highest BCUT2D eigenvalue weighted by atomic mass is 14.6. The number of anilines is 4. The van der Waals surface area contributed by atoms with Crippen LogP contribution < -0.4 is 22.9 Å². The summed E-state index contributed by atoms with van der Waals surface area (Å²) >= 11 is 0. The Morgan fingerprint density at radius 2 is 1.43 bits per heavy atom. The molecule has 5 rings (SSSR count). The third-order valence-corrected chi connectivity index (χ3v) is 8.77. The Morgan fingerprint density at radius 1 is 0.743 bits per heavy atom. The first-order chi connectivity index (χ1) is 16.2. The molecular formula is C31H42N4. The second-order valence-corrected chi connectivity index (χ2v) is 12.2. The molecule has 3 aromatic rings. The van der Waals surface area contributed by atoms with Crippen LogP contribution in [0.2, 0.25) is 0 Å². The molecule has 0 saturated heterocycles. The molecule has 8 N–H and O–H groups in total. The minimum absolute atomic E-state index is 0.0791. The maximum absolute atomic E-state index is 6.32. The predicted molar refractivity (Wildman–Crippen MR) is 152 cm³/mol. The van der Waals surface area contributed by atoms with Crippen LogP contribution in [0.25, 0.3) is 0 Å². The van der Waals surface area contributed by atoms with Gasteiger partial charge in [0.05, 0.1) is 0 Å². The monoisotopic (exact) mass is 470 g/mol. The molecule has 3 aromatic carbocycles. The zero-order chi connectivity index (χ0) is 25.9. The molecule has 0 spiro atoms. The van der Waals surface area contributed by atoms with Crippen molar-refractivity contribution in [3.63, 3.8) is 0 Å². The average molecular weight is 471 g/mol. The van der Waals surface area contributed by atoms with E-state index in [0.717, 1.165) is 41.2 Å². The fourth-order valence-electron chi connectivity index (χ4n) is 6.32. The molecule has 0 aliphatic heterocycles. The molecule has 0 saturated carbocycles. The third-order valence-electron chi connectivity index (χ3n) is 8.77. The quantitative estimate of drug-likeness (QED) is 0.308. The molecule has 4 nitrogen and oxygen atoms in total. The van der Waals surface area contributed by atoms with Gasteiger partial charge < -0.3 is 22.9 Å². The highest BCUT2D eigenvalue weighted by Gasteiger charge is 2.50. The number of benzene rings is 3. The molecular weight excluding hydrogens is 428 g/mol. The van der Waals surface area contributed by atoms with E-state index in [2.05, 4.69) is 84.9 Å². The third kappa shape index (κ3) is 4.03. The molecule has 0 radical (unpaired) electrons. The standard InChI is InChI=1S/C20H26N2.C11H16N2/c1-12-8-16-15(18(22)9-12)11-19(3,4)20(16,5)14-7-6-13(2)17(21)10-14;1-11(2)4-3-7-5-8(12)6-9(13)10(7)11/h6-10H,11,21-22H2,1-5H3;5-6H,3-4,12-13H2,1-2H3. The molecule has 1 atom stereocenters. The number of nitrogens with two attached hydrogens (primary N) is 4. The van der Waals surface area contributed by atoms with E-state index < -0.39 is 0 Å². The minimum atomic E-state index is -0.0791. The SMILES string of the molecule is CC1(C)CCc2cc(N)cc(N)c21.Cc1cc(N)c2c(c1)C(C)(c1ccc(C)c(N)c1)C(C)(C)C2. The van der Waals surface area contributed by atoms with Crippen molar-refractivity contribution in [1.29, 1.82) is 0 Å². The van der Waals surface area contributed by atoms with Gasteiger partial charge in [-0.15, -0.1) is 0 Å². The second kappa shape index (κ2) is 8.22. The zero-order valence-electron chi connectivity index (χ0n) is 22.5. The van der Waals surface area contributed by atoms with Crippen LogP contribution in [0.15, 0.2) is 42.5 Å². The summed E-state index contributed by atoms with van der Waals surface area (Å²) in [5.41, 5.74) is 36.8. The summed E-state index contributed by atoms with van der Waals surface area (Å²) in [6, 6.07) is 14.8. The van der Waals surface area contributed by atoms with E-state index in [1.165, 1.54) is 39.8 Å². The largest absolute Gasteiger partial charge is 0.399 e. The van der Waals surface area contributed by atoms with E-state index >= 15 is 0 Å². The molecule has 1 unspecified atom stereocenters. The fraction of sp³-hybridized carbons (Fsp3) is 0.419. The van der Waals surface area contributed by atoms with Crippen molar-refractivity contribution < 1.29 is 0 Å². The van der Waals surface area contributed by atoms with Crippen LogP contribution in [0.4, 0.5) is 22.7 Å². The Hall–Kier alpha value is -3.14. The summed E-state index contributed by atoms with van der Waals surface area (Å²) < 4.78 is 0. The molecule has 2 aliphatic rings. The van der Waals surface area contributed by atoms with Crippen LogP contribution >= 0.6 is 0 Å². The Bertz CT molecular complexity index is 1300. The number of aryl methyl sites for hydroxylation is 3. The molecule has 0 bridgehead atoms. The maximum atomic E-state index is 6.32. The first-order valence-electron chi connectivity index (χ1n) is 12.6. The predicted octanol–water partition coefficient (Wildman–Crippen LogP) is 6.43. The van der Waals surface area contributed by atoms with Crippen LogP contribution in [0.1, 0.15) is 80.0 Å². The molecule has 4 heteroatoms. The van der Waals surface area contributed by atoms with Gasteiger partial charge in [0.1, 0.15) is 0 Å². The molecule has 0 fully saturated rings. The van der Waals surface area contributed by atoms with Crippen LogP contribution in [-0.4, -0.2) is 0 Å². The first-order valence-corrected chi connectivity index (χ1v) is 12.6. The van der Waals surface area contributed by atoms with E-state index in [1.54, 1.807) is 0 Å². The van der Waals surface area contributed by atoms with Gasteiger partial charge in [-0.1, -0.05) is 52.8 Å². The average Bonchev–Trinajstić information content (AvgIpc) is 3.16.